The van der Waals surface area contributed by atoms with E-state index in [0.717, 1.165) is 12.2 Å². The van der Waals surface area contributed by atoms with Gasteiger partial charge in [0.25, 0.3) is 0 Å². The topological polar surface area (TPSA) is 33.1 Å². The average molecular weight is 222 g/mol. The molecule has 0 aromatic carbocycles. The largest absolute Gasteiger partial charge is 0.378 e. The molecule has 1 aliphatic rings. The first-order chi connectivity index (χ1) is 7.65. The molecule has 1 aliphatic heterocycles. The summed E-state index contributed by atoms with van der Waals surface area (Å²) in [5.74, 6) is 0. The van der Waals surface area contributed by atoms with Gasteiger partial charge < -0.3 is 10.2 Å². The second-order valence-corrected chi connectivity index (χ2v) is 5.05. The third-order valence-corrected chi connectivity index (χ3v) is 3.13. The summed E-state index contributed by atoms with van der Waals surface area (Å²) in [5.41, 5.74) is 1.15. The summed E-state index contributed by atoms with van der Waals surface area (Å²) in [7, 11) is 2.19. The Balaban J connectivity index is 1.92. The van der Waals surface area contributed by atoms with E-state index in [1.807, 2.05) is 10.9 Å². The van der Waals surface area contributed by atoms with Crippen LogP contribution in [0.3, 0.4) is 0 Å². The van der Waals surface area contributed by atoms with E-state index in [9.17, 15) is 0 Å². The van der Waals surface area contributed by atoms with Crippen molar-refractivity contribution >= 4 is 5.69 Å². The molecule has 1 atom stereocenters. The van der Waals surface area contributed by atoms with Gasteiger partial charge in [-0.2, -0.15) is 5.10 Å². The van der Waals surface area contributed by atoms with Crippen LogP contribution >= 0.6 is 0 Å². The summed E-state index contributed by atoms with van der Waals surface area (Å²) in [5, 5.41) is 7.90. The van der Waals surface area contributed by atoms with Gasteiger partial charge >= 0.3 is 0 Å². The summed E-state index contributed by atoms with van der Waals surface area (Å²) in [4.78, 5) is 2.38. The van der Waals surface area contributed by atoms with E-state index in [-0.39, 0.29) is 0 Å². The van der Waals surface area contributed by atoms with Gasteiger partial charge in [0.2, 0.25) is 0 Å². The molecule has 1 saturated heterocycles. The second kappa shape index (κ2) is 4.87. The first-order valence-electron chi connectivity index (χ1n) is 6.14. The Kier molecular flexibility index (Phi) is 3.49. The summed E-state index contributed by atoms with van der Waals surface area (Å²) in [6, 6.07) is 1.01. The Hall–Kier alpha value is -1.03. The van der Waals surface area contributed by atoms with Gasteiger partial charge in [0.1, 0.15) is 0 Å². The predicted molar refractivity (Wildman–Crippen MR) is 66.8 cm³/mol. The third kappa shape index (κ3) is 2.76. The van der Waals surface area contributed by atoms with Crippen molar-refractivity contribution in [3.63, 3.8) is 0 Å². The van der Waals surface area contributed by atoms with E-state index in [4.69, 9.17) is 0 Å². The molecule has 0 radical (unpaired) electrons. The van der Waals surface area contributed by atoms with E-state index < -0.39 is 0 Å². The zero-order valence-electron chi connectivity index (χ0n) is 10.5. The molecule has 1 N–H and O–H groups in total. The van der Waals surface area contributed by atoms with Crippen molar-refractivity contribution < 1.29 is 0 Å². The number of nitrogens with zero attached hydrogens (tertiary/aromatic N) is 3. The van der Waals surface area contributed by atoms with Crippen LogP contribution in [-0.2, 0) is 0 Å². The van der Waals surface area contributed by atoms with Crippen LogP contribution in [0.15, 0.2) is 12.4 Å². The highest BCUT2D eigenvalue weighted by molar-refractivity contribution is 5.39. The smallest absolute Gasteiger partial charge is 0.0729 e. The minimum absolute atomic E-state index is 0.435. The minimum Gasteiger partial charge on any atom is -0.378 e. The third-order valence-electron chi connectivity index (χ3n) is 3.13. The number of likely N-dealkylation sites (N-methyl/N-ethyl adjacent to an activating group) is 1. The summed E-state index contributed by atoms with van der Waals surface area (Å²) in [6.45, 7) is 6.65. The SMILES string of the molecule is CC(C)n1cc(N[C@@H]2CCCN(C)C2)cn1. The maximum Gasteiger partial charge on any atom is 0.0729 e. The number of anilines is 1. The van der Waals surface area contributed by atoms with Crippen molar-refractivity contribution in [1.82, 2.24) is 14.7 Å². The molecule has 90 valence electrons. The van der Waals surface area contributed by atoms with Crippen LogP contribution in [-0.4, -0.2) is 40.9 Å². The predicted octanol–water partition coefficient (Wildman–Crippen LogP) is 1.97. The fourth-order valence-corrected chi connectivity index (χ4v) is 2.21. The second-order valence-electron chi connectivity index (χ2n) is 5.05. The molecular formula is C12H22N4. The molecule has 1 aromatic heterocycles. The highest BCUT2D eigenvalue weighted by Gasteiger charge is 2.17. The van der Waals surface area contributed by atoms with Crippen molar-refractivity contribution in [2.24, 2.45) is 0 Å². The lowest BCUT2D eigenvalue weighted by Crippen LogP contribution is -2.39. The summed E-state index contributed by atoms with van der Waals surface area (Å²) >= 11 is 0. The molecular weight excluding hydrogens is 200 g/mol. The first kappa shape index (κ1) is 11.5. The first-order valence-corrected chi connectivity index (χ1v) is 6.14. The fraction of sp³-hybridized carbons (Fsp3) is 0.750. The van der Waals surface area contributed by atoms with E-state index in [1.165, 1.54) is 19.4 Å². The number of likely N-dealkylation sites (tertiary alicyclic amines) is 1. The highest BCUT2D eigenvalue weighted by atomic mass is 15.3. The zero-order chi connectivity index (χ0) is 11.5. The Bertz CT molecular complexity index is 332. The number of piperidine rings is 1. The van der Waals surface area contributed by atoms with E-state index in [0.29, 0.717) is 12.1 Å². The lowest BCUT2D eigenvalue weighted by Gasteiger charge is -2.30. The molecule has 0 unspecified atom stereocenters. The van der Waals surface area contributed by atoms with Crippen LogP contribution in [0.25, 0.3) is 0 Å². The number of hydrogen-bond acceptors (Lipinski definition) is 3. The van der Waals surface area contributed by atoms with Gasteiger partial charge in [-0.25, -0.2) is 0 Å². The normalized spacial score (nSPS) is 22.6. The number of rotatable bonds is 3. The van der Waals surface area contributed by atoms with Gasteiger partial charge in [-0.1, -0.05) is 0 Å². The Labute approximate surface area is 97.6 Å². The van der Waals surface area contributed by atoms with Crippen LogP contribution in [0.2, 0.25) is 0 Å². The Morgan fingerprint density at radius 1 is 1.50 bits per heavy atom. The minimum atomic E-state index is 0.435. The van der Waals surface area contributed by atoms with Crippen LogP contribution in [0, 0.1) is 0 Å². The molecule has 2 rings (SSSR count). The van der Waals surface area contributed by atoms with Crippen LogP contribution in [0.4, 0.5) is 5.69 Å². The van der Waals surface area contributed by atoms with Crippen molar-refractivity contribution in [3.05, 3.63) is 12.4 Å². The van der Waals surface area contributed by atoms with Crippen molar-refractivity contribution in [2.45, 2.75) is 38.8 Å². The van der Waals surface area contributed by atoms with Gasteiger partial charge in [0.15, 0.2) is 0 Å². The van der Waals surface area contributed by atoms with E-state index in [2.05, 4.69) is 42.4 Å². The monoisotopic (exact) mass is 222 g/mol. The van der Waals surface area contributed by atoms with Gasteiger partial charge in [0.05, 0.1) is 11.9 Å². The van der Waals surface area contributed by atoms with Crippen molar-refractivity contribution in [3.8, 4) is 0 Å². The highest BCUT2D eigenvalue weighted by Crippen LogP contribution is 2.15. The summed E-state index contributed by atoms with van der Waals surface area (Å²) in [6.07, 6.45) is 6.57. The number of hydrogen-bond donors (Lipinski definition) is 1. The fourth-order valence-electron chi connectivity index (χ4n) is 2.21. The quantitative estimate of drug-likeness (QED) is 0.849. The maximum absolute atomic E-state index is 4.34. The van der Waals surface area contributed by atoms with E-state index in [1.54, 1.807) is 0 Å². The molecule has 0 spiro atoms. The Morgan fingerprint density at radius 3 is 2.94 bits per heavy atom. The molecule has 4 heteroatoms. The molecule has 2 heterocycles. The molecule has 4 nitrogen and oxygen atoms in total. The molecule has 0 aliphatic carbocycles. The van der Waals surface area contributed by atoms with Crippen LogP contribution in [0.1, 0.15) is 32.7 Å². The van der Waals surface area contributed by atoms with Crippen molar-refractivity contribution in [1.29, 1.82) is 0 Å². The zero-order valence-corrected chi connectivity index (χ0v) is 10.5. The lowest BCUT2D eigenvalue weighted by molar-refractivity contribution is 0.261. The average Bonchev–Trinajstić information content (AvgIpc) is 2.66. The number of aromatic nitrogens is 2. The van der Waals surface area contributed by atoms with Crippen molar-refractivity contribution in [2.75, 3.05) is 25.5 Å². The van der Waals surface area contributed by atoms with Crippen LogP contribution in [0.5, 0.6) is 0 Å². The molecule has 0 amide bonds. The van der Waals surface area contributed by atoms with Gasteiger partial charge in [-0.3, -0.25) is 4.68 Å². The maximum atomic E-state index is 4.34. The van der Waals surface area contributed by atoms with Gasteiger partial charge in [0, 0.05) is 24.8 Å². The molecule has 0 saturated carbocycles. The summed E-state index contributed by atoms with van der Waals surface area (Å²) < 4.78 is 1.99. The molecule has 1 aromatic rings. The Morgan fingerprint density at radius 2 is 2.31 bits per heavy atom. The van der Waals surface area contributed by atoms with Crippen LogP contribution < -0.4 is 5.32 Å². The molecule has 16 heavy (non-hydrogen) atoms. The lowest BCUT2D eigenvalue weighted by atomic mass is 10.1. The van der Waals surface area contributed by atoms with Gasteiger partial charge in [-0.05, 0) is 40.3 Å². The number of nitrogens with one attached hydrogen (secondary N) is 1. The van der Waals surface area contributed by atoms with E-state index >= 15 is 0 Å². The molecule has 0 bridgehead atoms. The molecule has 1 fully saturated rings. The van der Waals surface area contributed by atoms with Gasteiger partial charge in [-0.15, -0.1) is 0 Å². The standard InChI is InChI=1S/C12H22N4/c1-10(2)16-9-12(7-13-16)14-11-5-4-6-15(3)8-11/h7,9-11,14H,4-6,8H2,1-3H3/t11-/m1/s1.